The molecule has 1 heterocycles. The number of aryl methyl sites for hydroxylation is 1. The summed E-state index contributed by atoms with van der Waals surface area (Å²) in [5.74, 6) is 0.315. The van der Waals surface area contributed by atoms with Crippen LogP contribution in [0, 0.1) is 13.8 Å². The molecule has 32 heavy (non-hydrogen) atoms. The third-order valence-corrected chi connectivity index (χ3v) is 6.76. The van der Waals surface area contributed by atoms with E-state index in [2.05, 4.69) is 20.8 Å². The second kappa shape index (κ2) is 10.4. The molecule has 1 atom stereocenters. The van der Waals surface area contributed by atoms with Gasteiger partial charge in [0, 0.05) is 18.3 Å². The van der Waals surface area contributed by atoms with Gasteiger partial charge in [-0.15, -0.1) is 10.2 Å². The quantitative estimate of drug-likeness (QED) is 0.455. The number of nitrogens with one attached hydrogen (secondary N) is 2. The summed E-state index contributed by atoms with van der Waals surface area (Å²) in [5.41, 5.74) is 3.35. The van der Waals surface area contributed by atoms with E-state index < -0.39 is 6.04 Å². The van der Waals surface area contributed by atoms with Crippen LogP contribution >= 0.6 is 35.0 Å². The summed E-state index contributed by atoms with van der Waals surface area (Å²) in [6.45, 7) is 5.78. The highest BCUT2D eigenvalue weighted by molar-refractivity contribution is 7.99. The van der Waals surface area contributed by atoms with Crippen LogP contribution in [-0.2, 0) is 11.8 Å². The van der Waals surface area contributed by atoms with E-state index in [9.17, 15) is 9.59 Å². The molecule has 2 N–H and O–H groups in total. The van der Waals surface area contributed by atoms with Gasteiger partial charge in [0.15, 0.2) is 11.0 Å². The molecule has 0 fully saturated rings. The van der Waals surface area contributed by atoms with E-state index in [0.29, 0.717) is 26.6 Å². The normalized spacial score (nSPS) is 11.8. The summed E-state index contributed by atoms with van der Waals surface area (Å²) >= 11 is 13.2. The summed E-state index contributed by atoms with van der Waals surface area (Å²) in [4.78, 5) is 24.9. The van der Waals surface area contributed by atoms with Crippen LogP contribution in [0.3, 0.4) is 0 Å². The number of carbonyl (C=O) groups excluding carboxylic acids is 2. The number of rotatable bonds is 7. The fourth-order valence-corrected chi connectivity index (χ4v) is 4.03. The molecular formula is C22H23Cl2N5O2S. The fraction of sp³-hybridized carbons (Fsp3) is 0.273. The SMILES string of the molecule is Cc1cccc(NC(=O)CSc2nnc([C@H](C)NC(=O)c3ccc(Cl)c(Cl)c3)n2C)c1C. The lowest BCUT2D eigenvalue weighted by molar-refractivity contribution is -0.113. The molecule has 0 aliphatic carbocycles. The molecule has 3 rings (SSSR count). The second-order valence-corrected chi connectivity index (χ2v) is 9.07. The summed E-state index contributed by atoms with van der Waals surface area (Å²) in [6.07, 6.45) is 0. The monoisotopic (exact) mass is 491 g/mol. The molecule has 0 aliphatic rings. The molecule has 7 nitrogen and oxygen atoms in total. The number of anilines is 1. The molecule has 3 aromatic rings. The van der Waals surface area contributed by atoms with Crippen LogP contribution in [0.2, 0.25) is 10.0 Å². The standard InChI is InChI=1S/C22H23Cl2N5O2S/c1-12-6-5-7-18(13(12)2)26-19(30)11-32-22-28-27-20(29(22)4)14(3)25-21(31)15-8-9-16(23)17(24)10-15/h5-10,14H,11H2,1-4H3,(H,25,31)(H,26,30)/t14-/m0/s1. The number of aromatic nitrogens is 3. The maximum atomic E-state index is 12.5. The average Bonchev–Trinajstić information content (AvgIpc) is 3.12. The molecule has 0 spiro atoms. The highest BCUT2D eigenvalue weighted by atomic mass is 35.5. The smallest absolute Gasteiger partial charge is 0.251 e. The zero-order valence-corrected chi connectivity index (χ0v) is 20.4. The number of halogens is 2. The summed E-state index contributed by atoms with van der Waals surface area (Å²) in [7, 11) is 1.79. The van der Waals surface area contributed by atoms with Crippen molar-refractivity contribution in [1.82, 2.24) is 20.1 Å². The number of amides is 2. The van der Waals surface area contributed by atoms with Crippen LogP contribution in [-0.4, -0.2) is 32.3 Å². The molecule has 0 bridgehead atoms. The highest BCUT2D eigenvalue weighted by Crippen LogP contribution is 2.24. The molecule has 0 unspecified atom stereocenters. The maximum Gasteiger partial charge on any atom is 0.251 e. The first-order valence-electron chi connectivity index (χ1n) is 9.81. The maximum absolute atomic E-state index is 12.5. The average molecular weight is 492 g/mol. The highest BCUT2D eigenvalue weighted by Gasteiger charge is 2.19. The van der Waals surface area contributed by atoms with Crippen molar-refractivity contribution in [3.05, 3.63) is 69.0 Å². The third kappa shape index (κ3) is 5.62. The number of thioether (sulfide) groups is 1. The van der Waals surface area contributed by atoms with Crippen LogP contribution in [0.4, 0.5) is 5.69 Å². The number of hydrogen-bond acceptors (Lipinski definition) is 5. The van der Waals surface area contributed by atoms with E-state index in [1.165, 1.54) is 17.8 Å². The minimum Gasteiger partial charge on any atom is -0.342 e. The Labute approximate surface area is 200 Å². The lowest BCUT2D eigenvalue weighted by atomic mass is 10.1. The predicted octanol–water partition coefficient (Wildman–Crippen LogP) is 4.96. The Morgan fingerprint density at radius 1 is 1.12 bits per heavy atom. The van der Waals surface area contributed by atoms with Crippen molar-refractivity contribution in [3.63, 3.8) is 0 Å². The van der Waals surface area contributed by atoms with Crippen molar-refractivity contribution in [3.8, 4) is 0 Å². The van der Waals surface area contributed by atoms with Gasteiger partial charge in [0.05, 0.1) is 21.8 Å². The summed E-state index contributed by atoms with van der Waals surface area (Å²) < 4.78 is 1.76. The Hall–Kier alpha value is -2.55. The molecule has 0 saturated heterocycles. The van der Waals surface area contributed by atoms with Gasteiger partial charge in [0.1, 0.15) is 0 Å². The lowest BCUT2D eigenvalue weighted by Crippen LogP contribution is -2.28. The first-order chi connectivity index (χ1) is 15.2. The Balaban J connectivity index is 1.60. The van der Waals surface area contributed by atoms with Gasteiger partial charge < -0.3 is 15.2 Å². The number of hydrogen-bond donors (Lipinski definition) is 2. The Kier molecular flexibility index (Phi) is 7.82. The molecule has 0 saturated carbocycles. The van der Waals surface area contributed by atoms with Crippen molar-refractivity contribution in [1.29, 1.82) is 0 Å². The molecule has 2 aromatic carbocycles. The molecular weight excluding hydrogens is 469 g/mol. The third-order valence-electron chi connectivity index (χ3n) is 5.00. The van der Waals surface area contributed by atoms with Gasteiger partial charge in [-0.25, -0.2) is 0 Å². The Bertz CT molecular complexity index is 1170. The van der Waals surface area contributed by atoms with E-state index in [0.717, 1.165) is 16.8 Å². The number of carbonyl (C=O) groups is 2. The topological polar surface area (TPSA) is 88.9 Å². The van der Waals surface area contributed by atoms with Gasteiger partial charge >= 0.3 is 0 Å². The largest absolute Gasteiger partial charge is 0.342 e. The minimum atomic E-state index is -0.410. The zero-order valence-electron chi connectivity index (χ0n) is 18.1. The minimum absolute atomic E-state index is 0.130. The van der Waals surface area contributed by atoms with Crippen molar-refractivity contribution >= 4 is 52.5 Å². The molecule has 0 radical (unpaired) electrons. The zero-order chi connectivity index (χ0) is 23.4. The first kappa shape index (κ1) is 24.1. The van der Waals surface area contributed by atoms with Crippen molar-refractivity contribution < 1.29 is 9.59 Å². The fourth-order valence-electron chi connectivity index (χ4n) is 3.01. The second-order valence-electron chi connectivity index (χ2n) is 7.31. The van der Waals surface area contributed by atoms with Crippen molar-refractivity contribution in [2.75, 3.05) is 11.1 Å². The van der Waals surface area contributed by atoms with Crippen LogP contribution < -0.4 is 10.6 Å². The number of nitrogens with zero attached hydrogens (tertiary/aromatic N) is 3. The summed E-state index contributed by atoms with van der Waals surface area (Å²) in [5, 5.41) is 15.4. The number of benzene rings is 2. The van der Waals surface area contributed by atoms with E-state index in [1.807, 2.05) is 32.0 Å². The van der Waals surface area contributed by atoms with E-state index in [4.69, 9.17) is 23.2 Å². The first-order valence-corrected chi connectivity index (χ1v) is 11.6. The molecule has 168 valence electrons. The van der Waals surface area contributed by atoms with Gasteiger partial charge in [-0.1, -0.05) is 47.1 Å². The molecule has 0 aliphatic heterocycles. The molecule has 1 aromatic heterocycles. The van der Waals surface area contributed by atoms with Gasteiger partial charge in [0.25, 0.3) is 5.91 Å². The Morgan fingerprint density at radius 2 is 1.88 bits per heavy atom. The van der Waals surface area contributed by atoms with Gasteiger partial charge in [-0.2, -0.15) is 0 Å². The van der Waals surface area contributed by atoms with Crippen molar-refractivity contribution in [2.24, 2.45) is 7.05 Å². The van der Waals surface area contributed by atoms with Gasteiger partial charge in [-0.3, -0.25) is 9.59 Å². The van der Waals surface area contributed by atoms with E-state index in [1.54, 1.807) is 30.7 Å². The van der Waals surface area contributed by atoms with Gasteiger partial charge in [-0.05, 0) is 56.2 Å². The van der Waals surface area contributed by atoms with Gasteiger partial charge in [0.2, 0.25) is 5.91 Å². The van der Waals surface area contributed by atoms with E-state index >= 15 is 0 Å². The van der Waals surface area contributed by atoms with Crippen LogP contribution in [0.1, 0.15) is 40.3 Å². The Morgan fingerprint density at radius 3 is 2.59 bits per heavy atom. The van der Waals surface area contributed by atoms with Crippen LogP contribution in [0.15, 0.2) is 41.6 Å². The van der Waals surface area contributed by atoms with Crippen LogP contribution in [0.25, 0.3) is 0 Å². The predicted molar refractivity (Wildman–Crippen MR) is 129 cm³/mol. The summed E-state index contributed by atoms with van der Waals surface area (Å²) in [6, 6.07) is 10.1. The van der Waals surface area contributed by atoms with Crippen LogP contribution in [0.5, 0.6) is 0 Å². The van der Waals surface area contributed by atoms with E-state index in [-0.39, 0.29) is 17.6 Å². The molecule has 2 amide bonds. The molecule has 10 heteroatoms. The van der Waals surface area contributed by atoms with Crippen molar-refractivity contribution in [2.45, 2.75) is 32.0 Å². The lowest BCUT2D eigenvalue weighted by Gasteiger charge is -2.14.